The van der Waals surface area contributed by atoms with Crippen LogP contribution in [0.15, 0.2) is 47.7 Å². The molecule has 2 heterocycles. The minimum atomic E-state index is 0.485. The van der Waals surface area contributed by atoms with Crippen LogP contribution >= 0.6 is 0 Å². The highest BCUT2D eigenvalue weighted by atomic mass is 15.0. The van der Waals surface area contributed by atoms with Gasteiger partial charge in [-0.3, -0.25) is 4.99 Å². The minimum Gasteiger partial charge on any atom is -0.257 e. The summed E-state index contributed by atoms with van der Waals surface area (Å²) >= 11 is 0. The Hall–Kier alpha value is -2.36. The number of benzene rings is 1. The van der Waals surface area contributed by atoms with Gasteiger partial charge in [-0.25, -0.2) is 15.0 Å². The maximum Gasteiger partial charge on any atom is 0.181 e. The lowest BCUT2D eigenvalue weighted by atomic mass is 10.1. The van der Waals surface area contributed by atoms with E-state index in [1.165, 1.54) is 0 Å². The number of hydrogen-bond donors (Lipinski definition) is 0. The van der Waals surface area contributed by atoms with Crippen molar-refractivity contribution in [2.75, 3.05) is 0 Å². The maximum atomic E-state index is 4.49. The fourth-order valence-corrected chi connectivity index (χ4v) is 1.91. The number of allylic oxidation sites excluding steroid dienone is 1. The van der Waals surface area contributed by atoms with Crippen LogP contribution in [0.5, 0.6) is 0 Å². The highest BCUT2D eigenvalue weighted by Crippen LogP contribution is 2.20. The standard InChI is InChI=1S/C15H14N4/c1-11-7-8-13(16-9-11)15-18-10-17-14(19-15)12-5-3-2-4-6-12/h2-6,8-11H,7H2,1H3. The summed E-state index contributed by atoms with van der Waals surface area (Å²) < 4.78 is 0. The molecule has 0 spiro atoms. The molecule has 1 atom stereocenters. The van der Waals surface area contributed by atoms with E-state index < -0.39 is 0 Å². The molecule has 1 aromatic carbocycles. The van der Waals surface area contributed by atoms with Crippen LogP contribution in [0.25, 0.3) is 17.1 Å². The monoisotopic (exact) mass is 250 g/mol. The lowest BCUT2D eigenvalue weighted by Crippen LogP contribution is -2.03. The lowest BCUT2D eigenvalue weighted by Gasteiger charge is -2.10. The van der Waals surface area contributed by atoms with Crippen molar-refractivity contribution in [1.82, 2.24) is 15.0 Å². The molecule has 1 unspecified atom stereocenters. The summed E-state index contributed by atoms with van der Waals surface area (Å²) in [5, 5.41) is 0. The molecule has 1 aliphatic heterocycles. The van der Waals surface area contributed by atoms with Crippen LogP contribution in [0.4, 0.5) is 0 Å². The SMILES string of the molecule is CC1C=NC(c2ncnc(-c3ccccc3)n2)=CC1. The van der Waals surface area contributed by atoms with Crippen molar-refractivity contribution >= 4 is 11.9 Å². The molecule has 0 radical (unpaired) electrons. The Bertz CT molecular complexity index is 632. The highest BCUT2D eigenvalue weighted by Gasteiger charge is 2.11. The molecule has 2 aromatic rings. The Morgan fingerprint density at radius 1 is 1.05 bits per heavy atom. The van der Waals surface area contributed by atoms with Crippen molar-refractivity contribution in [1.29, 1.82) is 0 Å². The molecule has 1 aromatic heterocycles. The summed E-state index contributed by atoms with van der Waals surface area (Å²) in [6.45, 7) is 2.14. The first kappa shape index (κ1) is 11.7. The van der Waals surface area contributed by atoms with E-state index in [0.29, 0.717) is 17.6 Å². The molecule has 0 bridgehead atoms. The van der Waals surface area contributed by atoms with E-state index in [0.717, 1.165) is 17.7 Å². The van der Waals surface area contributed by atoms with E-state index in [-0.39, 0.29) is 0 Å². The first-order valence-corrected chi connectivity index (χ1v) is 6.32. The zero-order valence-electron chi connectivity index (χ0n) is 10.7. The van der Waals surface area contributed by atoms with Crippen molar-refractivity contribution in [3.8, 4) is 11.4 Å². The Labute approximate surface area is 112 Å². The molecule has 3 rings (SSSR count). The first-order valence-electron chi connectivity index (χ1n) is 6.32. The van der Waals surface area contributed by atoms with Crippen LogP contribution in [0.3, 0.4) is 0 Å². The van der Waals surface area contributed by atoms with Crippen LogP contribution in [0.2, 0.25) is 0 Å². The van der Waals surface area contributed by atoms with Crippen molar-refractivity contribution < 1.29 is 0 Å². The quantitative estimate of drug-likeness (QED) is 0.823. The number of aliphatic imine (C=N–C) groups is 1. The average molecular weight is 250 g/mol. The third-order valence-electron chi connectivity index (χ3n) is 2.98. The van der Waals surface area contributed by atoms with Gasteiger partial charge in [0.15, 0.2) is 11.6 Å². The summed E-state index contributed by atoms with van der Waals surface area (Å²) in [4.78, 5) is 17.3. The summed E-state index contributed by atoms with van der Waals surface area (Å²) in [7, 11) is 0. The number of hydrogen-bond acceptors (Lipinski definition) is 4. The largest absolute Gasteiger partial charge is 0.257 e. The number of rotatable bonds is 2. The molecular formula is C15H14N4. The summed E-state index contributed by atoms with van der Waals surface area (Å²) in [6.07, 6.45) is 6.54. The van der Waals surface area contributed by atoms with E-state index >= 15 is 0 Å². The molecule has 0 N–H and O–H groups in total. The molecule has 4 heteroatoms. The minimum absolute atomic E-state index is 0.485. The van der Waals surface area contributed by atoms with Gasteiger partial charge < -0.3 is 0 Å². The summed E-state index contributed by atoms with van der Waals surface area (Å²) in [6, 6.07) is 9.89. The molecule has 0 saturated heterocycles. The van der Waals surface area contributed by atoms with Gasteiger partial charge in [-0.05, 0) is 12.3 Å². The van der Waals surface area contributed by atoms with Crippen LogP contribution < -0.4 is 0 Å². The molecule has 0 saturated carbocycles. The van der Waals surface area contributed by atoms with Gasteiger partial charge in [0.1, 0.15) is 12.0 Å². The average Bonchev–Trinajstić information content (AvgIpc) is 2.49. The van der Waals surface area contributed by atoms with Gasteiger partial charge in [-0.2, -0.15) is 0 Å². The zero-order valence-corrected chi connectivity index (χ0v) is 10.7. The number of nitrogens with zero attached hydrogens (tertiary/aromatic N) is 4. The van der Waals surface area contributed by atoms with Crippen molar-refractivity contribution in [2.45, 2.75) is 13.3 Å². The highest BCUT2D eigenvalue weighted by molar-refractivity contribution is 5.75. The second-order valence-corrected chi connectivity index (χ2v) is 4.58. The van der Waals surface area contributed by atoms with Gasteiger partial charge >= 0.3 is 0 Å². The van der Waals surface area contributed by atoms with E-state index in [9.17, 15) is 0 Å². The van der Waals surface area contributed by atoms with Crippen molar-refractivity contribution in [2.24, 2.45) is 10.9 Å². The van der Waals surface area contributed by atoms with Gasteiger partial charge in [0.25, 0.3) is 0 Å². The van der Waals surface area contributed by atoms with E-state index in [4.69, 9.17) is 0 Å². The fraction of sp³-hybridized carbons (Fsp3) is 0.200. The van der Waals surface area contributed by atoms with Crippen LogP contribution in [-0.2, 0) is 0 Å². The molecule has 94 valence electrons. The van der Waals surface area contributed by atoms with Crippen LogP contribution in [0.1, 0.15) is 19.2 Å². The summed E-state index contributed by atoms with van der Waals surface area (Å²) in [5.41, 5.74) is 1.82. The van der Waals surface area contributed by atoms with Gasteiger partial charge in [0.05, 0.1) is 0 Å². The van der Waals surface area contributed by atoms with Crippen molar-refractivity contribution in [3.63, 3.8) is 0 Å². The molecule has 19 heavy (non-hydrogen) atoms. The van der Waals surface area contributed by atoms with Crippen LogP contribution in [-0.4, -0.2) is 21.2 Å². The normalized spacial score (nSPS) is 18.2. The second kappa shape index (κ2) is 5.10. The van der Waals surface area contributed by atoms with E-state index in [2.05, 4.69) is 32.9 Å². The Kier molecular flexibility index (Phi) is 3.14. The maximum absolute atomic E-state index is 4.49. The molecule has 0 fully saturated rings. The predicted molar refractivity (Wildman–Crippen MR) is 75.5 cm³/mol. The Balaban J connectivity index is 1.95. The van der Waals surface area contributed by atoms with Gasteiger partial charge in [-0.15, -0.1) is 0 Å². The van der Waals surface area contributed by atoms with Crippen molar-refractivity contribution in [3.05, 3.63) is 48.6 Å². The molecular weight excluding hydrogens is 236 g/mol. The molecule has 1 aliphatic rings. The van der Waals surface area contributed by atoms with E-state index in [1.807, 2.05) is 36.5 Å². The molecule has 4 nitrogen and oxygen atoms in total. The molecule has 0 aliphatic carbocycles. The molecule has 0 amide bonds. The lowest BCUT2D eigenvalue weighted by molar-refractivity contribution is 0.796. The van der Waals surface area contributed by atoms with Gasteiger partial charge in [0, 0.05) is 11.8 Å². The smallest absolute Gasteiger partial charge is 0.181 e. The third kappa shape index (κ3) is 2.57. The topological polar surface area (TPSA) is 51.0 Å². The number of aromatic nitrogens is 3. The Morgan fingerprint density at radius 2 is 1.84 bits per heavy atom. The van der Waals surface area contributed by atoms with E-state index in [1.54, 1.807) is 6.33 Å². The predicted octanol–water partition coefficient (Wildman–Crippen LogP) is 2.99. The second-order valence-electron chi connectivity index (χ2n) is 4.58. The third-order valence-corrected chi connectivity index (χ3v) is 2.98. The Morgan fingerprint density at radius 3 is 2.58 bits per heavy atom. The summed E-state index contributed by atoms with van der Waals surface area (Å²) in [5.74, 6) is 1.80. The van der Waals surface area contributed by atoms with Gasteiger partial charge in [0.2, 0.25) is 0 Å². The van der Waals surface area contributed by atoms with Crippen LogP contribution in [0, 0.1) is 5.92 Å². The van der Waals surface area contributed by atoms with Gasteiger partial charge in [-0.1, -0.05) is 43.3 Å². The first-order chi connectivity index (χ1) is 9.33. The zero-order chi connectivity index (χ0) is 13.1. The fourth-order valence-electron chi connectivity index (χ4n) is 1.91.